The van der Waals surface area contributed by atoms with Crippen LogP contribution in [0.5, 0.6) is 0 Å². The Hall–Kier alpha value is -0.690. The molecule has 0 aliphatic rings. The molecule has 40 heavy (non-hydrogen) atoms. The number of hydrogen-bond acceptors (Lipinski definition) is 6. The summed E-state index contributed by atoms with van der Waals surface area (Å²) in [6.45, 7) is 12.2. The predicted molar refractivity (Wildman–Crippen MR) is 167 cm³/mol. The molecule has 0 aromatic heterocycles. The molecule has 0 amide bonds. The van der Waals surface area contributed by atoms with Crippen LogP contribution < -0.4 is 0 Å². The van der Waals surface area contributed by atoms with Gasteiger partial charge in [-0.2, -0.15) is 0 Å². The van der Waals surface area contributed by atoms with Gasteiger partial charge in [0.25, 0.3) is 0 Å². The molecule has 0 radical (unpaired) electrons. The summed E-state index contributed by atoms with van der Waals surface area (Å²) in [6, 6.07) is 0. The molecular weight excluding hydrogens is 504 g/mol. The van der Waals surface area contributed by atoms with E-state index in [1.807, 2.05) is 0 Å². The highest BCUT2D eigenvalue weighted by Crippen LogP contribution is 2.14. The molecule has 1 unspecified atom stereocenters. The number of esters is 1. The zero-order valence-corrected chi connectivity index (χ0v) is 27.0. The van der Waals surface area contributed by atoms with Crippen molar-refractivity contribution < 1.29 is 28.5 Å². The Morgan fingerprint density at radius 3 is 1.43 bits per heavy atom. The van der Waals surface area contributed by atoms with Gasteiger partial charge >= 0.3 is 5.97 Å². The fourth-order valence-electron chi connectivity index (χ4n) is 4.68. The summed E-state index contributed by atoms with van der Waals surface area (Å²) in [5, 5.41) is 0. The molecule has 0 aliphatic heterocycles. The van der Waals surface area contributed by atoms with E-state index < -0.39 is 0 Å². The summed E-state index contributed by atoms with van der Waals surface area (Å²) in [4.78, 5) is 11.8. The first-order valence-corrected chi connectivity index (χ1v) is 17.2. The molecule has 0 saturated carbocycles. The maximum Gasteiger partial charge on any atom is 0.305 e. The predicted octanol–water partition coefficient (Wildman–Crippen LogP) is 9.07. The lowest BCUT2D eigenvalue weighted by atomic mass is 10.0. The Morgan fingerprint density at radius 1 is 0.475 bits per heavy atom. The van der Waals surface area contributed by atoms with Crippen LogP contribution in [0, 0.1) is 5.92 Å². The minimum Gasteiger partial charge on any atom is -0.466 e. The second-order valence-corrected chi connectivity index (χ2v) is 11.2. The largest absolute Gasteiger partial charge is 0.466 e. The van der Waals surface area contributed by atoms with E-state index in [0.29, 0.717) is 71.6 Å². The van der Waals surface area contributed by atoms with Crippen molar-refractivity contribution in [2.75, 3.05) is 59.5 Å². The lowest BCUT2D eigenvalue weighted by Crippen LogP contribution is -2.14. The number of rotatable bonds is 34. The number of carbonyl (C=O) groups is 1. The minimum atomic E-state index is -0.109. The topological polar surface area (TPSA) is 63.2 Å². The van der Waals surface area contributed by atoms with Crippen molar-refractivity contribution in [3.63, 3.8) is 0 Å². The van der Waals surface area contributed by atoms with E-state index in [4.69, 9.17) is 23.7 Å². The third-order valence-corrected chi connectivity index (χ3v) is 7.44. The van der Waals surface area contributed by atoms with Gasteiger partial charge in [0.2, 0.25) is 0 Å². The maximum atomic E-state index is 11.8. The van der Waals surface area contributed by atoms with Crippen molar-refractivity contribution >= 4 is 5.97 Å². The molecule has 0 spiro atoms. The van der Waals surface area contributed by atoms with E-state index in [2.05, 4.69) is 20.8 Å². The van der Waals surface area contributed by atoms with Crippen molar-refractivity contribution in [2.24, 2.45) is 5.92 Å². The monoisotopic (exact) mass is 573 g/mol. The molecule has 0 bridgehead atoms. The summed E-state index contributed by atoms with van der Waals surface area (Å²) in [5.41, 5.74) is 0. The van der Waals surface area contributed by atoms with Gasteiger partial charge in [-0.05, 0) is 25.2 Å². The Balaban J connectivity index is 3.21. The first-order chi connectivity index (χ1) is 19.7. The van der Waals surface area contributed by atoms with Gasteiger partial charge in [-0.3, -0.25) is 4.79 Å². The molecule has 0 aromatic carbocycles. The zero-order chi connectivity index (χ0) is 29.2. The van der Waals surface area contributed by atoms with Gasteiger partial charge in [0.15, 0.2) is 0 Å². The molecular formula is C34H68O6. The van der Waals surface area contributed by atoms with E-state index in [-0.39, 0.29) is 5.97 Å². The molecule has 0 rings (SSSR count). The van der Waals surface area contributed by atoms with Crippen LogP contribution in [0.4, 0.5) is 0 Å². The van der Waals surface area contributed by atoms with Gasteiger partial charge in [-0.25, -0.2) is 0 Å². The number of ether oxygens (including phenoxy) is 5. The molecule has 0 fully saturated rings. The van der Waals surface area contributed by atoms with Gasteiger partial charge in [0.1, 0.15) is 0 Å². The highest BCUT2D eigenvalue weighted by molar-refractivity contribution is 5.69. The first-order valence-electron chi connectivity index (χ1n) is 17.2. The van der Waals surface area contributed by atoms with Crippen LogP contribution in [0.2, 0.25) is 0 Å². The number of hydrogen-bond donors (Lipinski definition) is 0. The molecule has 0 N–H and O–H groups in total. The van der Waals surface area contributed by atoms with Crippen LogP contribution >= 0.6 is 0 Å². The third kappa shape index (κ3) is 31.8. The standard InChI is InChI=1S/C34H68O6/c1-4-7-9-10-11-12-13-14-15-16-17-18-19-20-25-40-34(35)23-21-24-36-26-27-37-28-29-38-30-31-39-32-33(6-3)22-8-5-2/h33H,4-32H2,1-3H3. The molecule has 0 heterocycles. The average Bonchev–Trinajstić information content (AvgIpc) is 2.96. The molecule has 1 atom stereocenters. The van der Waals surface area contributed by atoms with Crippen LogP contribution in [0.25, 0.3) is 0 Å². The third-order valence-electron chi connectivity index (χ3n) is 7.44. The maximum absolute atomic E-state index is 11.8. The van der Waals surface area contributed by atoms with Crippen LogP contribution in [0.3, 0.4) is 0 Å². The second-order valence-electron chi connectivity index (χ2n) is 11.2. The summed E-state index contributed by atoms with van der Waals surface area (Å²) in [6.07, 6.45) is 24.7. The van der Waals surface area contributed by atoms with E-state index in [1.54, 1.807) is 0 Å². The van der Waals surface area contributed by atoms with Crippen LogP contribution in [-0.2, 0) is 28.5 Å². The Morgan fingerprint density at radius 2 is 0.925 bits per heavy atom. The SMILES string of the molecule is CCCCCCCCCCCCCCCCOC(=O)CCCOCCOCCOCCOCC(CC)CCCC. The van der Waals surface area contributed by atoms with E-state index in [9.17, 15) is 4.79 Å². The minimum absolute atomic E-state index is 0.109. The van der Waals surface area contributed by atoms with Crippen LogP contribution in [-0.4, -0.2) is 65.4 Å². The smallest absolute Gasteiger partial charge is 0.305 e. The van der Waals surface area contributed by atoms with Gasteiger partial charge in [-0.15, -0.1) is 0 Å². The average molecular weight is 573 g/mol. The van der Waals surface area contributed by atoms with Crippen molar-refractivity contribution in [3.05, 3.63) is 0 Å². The fourth-order valence-corrected chi connectivity index (χ4v) is 4.68. The molecule has 0 aliphatic carbocycles. The Kier molecular flexibility index (Phi) is 33.9. The lowest BCUT2D eigenvalue weighted by Gasteiger charge is -2.14. The second kappa shape index (κ2) is 34.5. The van der Waals surface area contributed by atoms with Crippen molar-refractivity contribution in [1.82, 2.24) is 0 Å². The normalized spacial score (nSPS) is 12.2. The molecule has 0 aromatic rings. The van der Waals surface area contributed by atoms with Crippen LogP contribution in [0.15, 0.2) is 0 Å². The highest BCUT2D eigenvalue weighted by atomic mass is 16.6. The summed E-state index contributed by atoms with van der Waals surface area (Å²) in [5.74, 6) is 0.564. The molecule has 0 saturated heterocycles. The van der Waals surface area contributed by atoms with Crippen molar-refractivity contribution in [2.45, 2.75) is 149 Å². The highest BCUT2D eigenvalue weighted by Gasteiger charge is 2.06. The number of carbonyl (C=O) groups excluding carboxylic acids is 1. The van der Waals surface area contributed by atoms with E-state index in [1.165, 1.54) is 103 Å². The Labute approximate surface area is 249 Å². The van der Waals surface area contributed by atoms with Gasteiger partial charge < -0.3 is 23.7 Å². The molecule has 6 heteroatoms. The summed E-state index contributed by atoms with van der Waals surface area (Å²) in [7, 11) is 0. The first kappa shape index (κ1) is 39.3. The molecule has 240 valence electrons. The summed E-state index contributed by atoms with van der Waals surface area (Å²) >= 11 is 0. The summed E-state index contributed by atoms with van der Waals surface area (Å²) < 4.78 is 27.7. The van der Waals surface area contributed by atoms with Crippen LogP contribution in [0.1, 0.15) is 149 Å². The Bertz CT molecular complexity index is 487. The van der Waals surface area contributed by atoms with Crippen molar-refractivity contribution in [1.29, 1.82) is 0 Å². The number of unbranched alkanes of at least 4 members (excludes halogenated alkanes) is 14. The van der Waals surface area contributed by atoms with Crippen molar-refractivity contribution in [3.8, 4) is 0 Å². The quantitative estimate of drug-likeness (QED) is 0.0566. The van der Waals surface area contributed by atoms with Gasteiger partial charge in [-0.1, -0.05) is 124 Å². The molecule has 6 nitrogen and oxygen atoms in total. The lowest BCUT2D eigenvalue weighted by molar-refractivity contribution is -0.144. The zero-order valence-electron chi connectivity index (χ0n) is 27.0. The van der Waals surface area contributed by atoms with Gasteiger partial charge in [0.05, 0.1) is 46.2 Å². The van der Waals surface area contributed by atoms with E-state index in [0.717, 1.165) is 19.4 Å². The van der Waals surface area contributed by atoms with E-state index >= 15 is 0 Å². The van der Waals surface area contributed by atoms with Gasteiger partial charge in [0, 0.05) is 19.6 Å². The fraction of sp³-hybridized carbons (Fsp3) is 0.971.